The fourth-order valence-electron chi connectivity index (χ4n) is 2.17. The summed E-state index contributed by atoms with van der Waals surface area (Å²) in [6.07, 6.45) is 0.798. The average Bonchev–Trinajstić information content (AvgIpc) is 2.37. The first-order valence-corrected chi connectivity index (χ1v) is 6.99. The van der Waals surface area contributed by atoms with Crippen LogP contribution in [0.3, 0.4) is 0 Å². The second-order valence-corrected chi connectivity index (χ2v) is 5.52. The van der Waals surface area contributed by atoms with Gasteiger partial charge in [0.05, 0.1) is 11.4 Å². The van der Waals surface area contributed by atoms with Gasteiger partial charge in [0.1, 0.15) is 0 Å². The minimum absolute atomic E-state index is 0.0476. The first-order chi connectivity index (χ1) is 9.88. The topological polar surface area (TPSA) is 104 Å². The second kappa shape index (κ2) is 8.14. The minimum Gasteiger partial charge on any atom is -0.481 e. The van der Waals surface area contributed by atoms with E-state index in [4.69, 9.17) is 10.8 Å². The van der Waals surface area contributed by atoms with Gasteiger partial charge in [-0.2, -0.15) is 0 Å². The summed E-state index contributed by atoms with van der Waals surface area (Å²) in [5.41, 5.74) is 6.76. The Labute approximate surface area is 124 Å². The van der Waals surface area contributed by atoms with Gasteiger partial charge >= 0.3 is 12.0 Å². The Morgan fingerprint density at radius 3 is 2.52 bits per heavy atom. The highest BCUT2D eigenvalue weighted by molar-refractivity contribution is 5.92. The van der Waals surface area contributed by atoms with E-state index >= 15 is 0 Å². The van der Waals surface area contributed by atoms with E-state index in [0.29, 0.717) is 23.8 Å². The van der Waals surface area contributed by atoms with Crippen molar-refractivity contribution in [1.82, 2.24) is 5.32 Å². The van der Waals surface area contributed by atoms with Gasteiger partial charge in [-0.05, 0) is 30.4 Å². The van der Waals surface area contributed by atoms with Gasteiger partial charge in [0.2, 0.25) is 0 Å². The van der Waals surface area contributed by atoms with Gasteiger partial charge in [-0.15, -0.1) is 0 Å². The molecule has 0 bridgehead atoms. The van der Waals surface area contributed by atoms with Gasteiger partial charge in [0.15, 0.2) is 0 Å². The number of urea groups is 1. The van der Waals surface area contributed by atoms with Crippen molar-refractivity contribution >= 4 is 23.4 Å². The van der Waals surface area contributed by atoms with Crippen LogP contribution < -0.4 is 16.4 Å². The van der Waals surface area contributed by atoms with Crippen molar-refractivity contribution in [3.8, 4) is 0 Å². The number of rotatable bonds is 7. The molecule has 0 unspecified atom stereocenters. The third kappa shape index (κ3) is 6.65. The fraction of sp³-hybridized carbons (Fsp3) is 0.467. The molecular formula is C15H23N3O3. The summed E-state index contributed by atoms with van der Waals surface area (Å²) in [5, 5.41) is 14.2. The van der Waals surface area contributed by atoms with Gasteiger partial charge < -0.3 is 21.5 Å². The number of nitrogens with one attached hydrogen (secondary N) is 2. The summed E-state index contributed by atoms with van der Waals surface area (Å²) >= 11 is 0. The van der Waals surface area contributed by atoms with Crippen molar-refractivity contribution < 1.29 is 14.7 Å². The number of carbonyl (C=O) groups is 2. The summed E-state index contributed by atoms with van der Waals surface area (Å²) in [6.45, 7) is 4.38. The Morgan fingerprint density at radius 1 is 1.29 bits per heavy atom. The number of benzene rings is 1. The molecule has 1 rings (SSSR count). The van der Waals surface area contributed by atoms with E-state index < -0.39 is 5.97 Å². The summed E-state index contributed by atoms with van der Waals surface area (Å²) in [7, 11) is 0. The zero-order chi connectivity index (χ0) is 15.8. The third-order valence-corrected chi connectivity index (χ3v) is 3.03. The molecule has 6 heteroatoms. The molecule has 0 aliphatic heterocycles. The molecule has 116 valence electrons. The fourth-order valence-corrected chi connectivity index (χ4v) is 2.17. The van der Waals surface area contributed by atoms with Crippen LogP contribution in [0.2, 0.25) is 0 Å². The average molecular weight is 293 g/mol. The van der Waals surface area contributed by atoms with E-state index in [2.05, 4.69) is 10.6 Å². The lowest BCUT2D eigenvalue weighted by Crippen LogP contribution is -2.34. The number of nitrogens with two attached hydrogens (primary N) is 1. The maximum atomic E-state index is 11.8. The van der Waals surface area contributed by atoms with Crippen LogP contribution in [0.15, 0.2) is 24.3 Å². The number of aliphatic carboxylic acids is 1. The number of anilines is 2. The predicted octanol–water partition coefficient (Wildman–Crippen LogP) is 2.53. The number of hydrogen-bond donors (Lipinski definition) is 4. The number of carboxylic acid groups (broad SMARTS) is 1. The Kier molecular flexibility index (Phi) is 6.52. The third-order valence-electron chi connectivity index (χ3n) is 3.03. The molecule has 0 aliphatic carbocycles. The van der Waals surface area contributed by atoms with Crippen molar-refractivity contribution in [3.63, 3.8) is 0 Å². The van der Waals surface area contributed by atoms with Crippen molar-refractivity contribution in [3.05, 3.63) is 24.3 Å². The highest BCUT2D eigenvalue weighted by Gasteiger charge is 2.16. The Hall–Kier alpha value is -2.24. The van der Waals surface area contributed by atoms with Crippen LogP contribution in [0.4, 0.5) is 16.2 Å². The molecule has 6 nitrogen and oxygen atoms in total. The molecule has 0 saturated carbocycles. The normalized spacial score (nSPS) is 12.0. The summed E-state index contributed by atoms with van der Waals surface area (Å²) in [4.78, 5) is 22.6. The van der Waals surface area contributed by atoms with Crippen molar-refractivity contribution in [2.75, 3.05) is 17.6 Å². The van der Waals surface area contributed by atoms with E-state index in [-0.39, 0.29) is 18.4 Å². The van der Waals surface area contributed by atoms with Gasteiger partial charge in [0.25, 0.3) is 0 Å². The van der Waals surface area contributed by atoms with Crippen LogP contribution in [-0.2, 0) is 4.79 Å². The van der Waals surface area contributed by atoms with Crippen molar-refractivity contribution in [2.45, 2.75) is 26.7 Å². The molecule has 1 aromatic rings. The monoisotopic (exact) mass is 293 g/mol. The number of para-hydroxylation sites is 2. The van der Waals surface area contributed by atoms with Crippen LogP contribution in [0.1, 0.15) is 26.7 Å². The molecule has 2 amide bonds. The highest BCUT2D eigenvalue weighted by Crippen LogP contribution is 2.17. The van der Waals surface area contributed by atoms with Crippen LogP contribution in [0.25, 0.3) is 0 Å². The summed E-state index contributed by atoms with van der Waals surface area (Å²) in [6, 6.07) is 6.58. The molecule has 5 N–H and O–H groups in total. The van der Waals surface area contributed by atoms with E-state index in [1.165, 1.54) is 0 Å². The molecule has 0 radical (unpaired) electrons. The quantitative estimate of drug-likeness (QED) is 0.580. The van der Waals surface area contributed by atoms with Crippen LogP contribution in [0.5, 0.6) is 0 Å². The summed E-state index contributed by atoms with van der Waals surface area (Å²) in [5.74, 6) is -0.555. The second-order valence-electron chi connectivity index (χ2n) is 5.52. The van der Waals surface area contributed by atoms with E-state index in [1.807, 2.05) is 13.8 Å². The molecule has 0 aliphatic rings. The SMILES string of the molecule is CC(C)C[C@H](CNC(=O)Nc1ccccc1N)CC(=O)O. The zero-order valence-electron chi connectivity index (χ0n) is 12.4. The molecular weight excluding hydrogens is 270 g/mol. The van der Waals surface area contributed by atoms with Crippen molar-refractivity contribution in [1.29, 1.82) is 0 Å². The molecule has 21 heavy (non-hydrogen) atoms. The van der Waals surface area contributed by atoms with Gasteiger partial charge in [-0.1, -0.05) is 26.0 Å². The lowest BCUT2D eigenvalue weighted by Gasteiger charge is -2.18. The molecule has 0 spiro atoms. The number of carboxylic acids is 1. The lowest BCUT2D eigenvalue weighted by molar-refractivity contribution is -0.138. The largest absolute Gasteiger partial charge is 0.481 e. The maximum Gasteiger partial charge on any atom is 0.319 e. The number of amides is 2. The van der Waals surface area contributed by atoms with Gasteiger partial charge in [-0.25, -0.2) is 4.79 Å². The van der Waals surface area contributed by atoms with Crippen LogP contribution in [0, 0.1) is 11.8 Å². The smallest absolute Gasteiger partial charge is 0.319 e. The van der Waals surface area contributed by atoms with Crippen LogP contribution in [-0.4, -0.2) is 23.7 Å². The van der Waals surface area contributed by atoms with Crippen molar-refractivity contribution in [2.24, 2.45) is 11.8 Å². The first kappa shape index (κ1) is 16.8. The molecule has 1 atom stereocenters. The van der Waals surface area contributed by atoms with Crippen LogP contribution >= 0.6 is 0 Å². The van der Waals surface area contributed by atoms with Gasteiger partial charge in [-0.3, -0.25) is 4.79 Å². The number of hydrogen-bond acceptors (Lipinski definition) is 3. The summed E-state index contributed by atoms with van der Waals surface area (Å²) < 4.78 is 0. The molecule has 0 heterocycles. The Bertz CT molecular complexity index is 489. The Morgan fingerprint density at radius 2 is 1.95 bits per heavy atom. The highest BCUT2D eigenvalue weighted by atomic mass is 16.4. The maximum absolute atomic E-state index is 11.8. The standard InChI is InChI=1S/C15H23N3O3/c1-10(2)7-11(8-14(19)20)9-17-15(21)18-13-6-4-3-5-12(13)16/h3-6,10-11H,7-9,16H2,1-2H3,(H,19,20)(H2,17,18,21)/t11-/m0/s1. The lowest BCUT2D eigenvalue weighted by atomic mass is 9.94. The van der Waals surface area contributed by atoms with Gasteiger partial charge in [0, 0.05) is 13.0 Å². The zero-order valence-corrected chi connectivity index (χ0v) is 12.4. The first-order valence-electron chi connectivity index (χ1n) is 6.99. The van der Waals surface area contributed by atoms with E-state index in [9.17, 15) is 9.59 Å². The molecule has 0 aromatic heterocycles. The molecule has 0 saturated heterocycles. The van der Waals surface area contributed by atoms with E-state index in [1.54, 1.807) is 24.3 Å². The Balaban J connectivity index is 2.49. The number of nitrogen functional groups attached to an aromatic ring is 1. The minimum atomic E-state index is -0.852. The molecule has 1 aromatic carbocycles. The van der Waals surface area contributed by atoms with E-state index in [0.717, 1.165) is 6.42 Å². The predicted molar refractivity (Wildman–Crippen MR) is 83.1 cm³/mol. The molecule has 0 fully saturated rings. The number of carbonyl (C=O) groups excluding carboxylic acids is 1.